The molecule has 1 unspecified atom stereocenters. The summed E-state index contributed by atoms with van der Waals surface area (Å²) in [5.41, 5.74) is 3.69. The van der Waals surface area contributed by atoms with Gasteiger partial charge in [-0.05, 0) is 73.5 Å². The number of hydrogen-bond acceptors (Lipinski definition) is 8. The number of nitrogens with zero attached hydrogens (tertiary/aromatic N) is 4. The molecule has 0 saturated heterocycles. The summed E-state index contributed by atoms with van der Waals surface area (Å²) in [4.78, 5) is 37.6. The van der Waals surface area contributed by atoms with Crippen LogP contribution < -0.4 is 14.4 Å². The number of ether oxygens (including phenoxy) is 3. The molecule has 0 aliphatic carbocycles. The van der Waals surface area contributed by atoms with Gasteiger partial charge in [0.1, 0.15) is 11.5 Å². The Labute approximate surface area is 281 Å². The van der Waals surface area contributed by atoms with Crippen LogP contribution in [0.1, 0.15) is 35.3 Å². The van der Waals surface area contributed by atoms with Crippen LogP contribution in [0.3, 0.4) is 0 Å². The number of aromatic nitrogens is 3. The molecule has 2 aromatic heterocycles. The van der Waals surface area contributed by atoms with Crippen molar-refractivity contribution in [2.75, 3.05) is 25.7 Å². The van der Waals surface area contributed by atoms with Crippen LogP contribution in [0, 0.1) is 0 Å². The number of anilines is 1. The third-order valence-electron chi connectivity index (χ3n) is 7.16. The summed E-state index contributed by atoms with van der Waals surface area (Å²) in [6.07, 6.45) is 1.46. The predicted octanol–water partition coefficient (Wildman–Crippen LogP) is 7.69. The largest absolute Gasteiger partial charge is 0.497 e. The summed E-state index contributed by atoms with van der Waals surface area (Å²) in [5, 5.41) is 0.613. The van der Waals surface area contributed by atoms with E-state index < -0.39 is 11.2 Å². The van der Waals surface area contributed by atoms with E-state index in [0.717, 1.165) is 22.4 Å². The quantitative estimate of drug-likeness (QED) is 0.0979. The summed E-state index contributed by atoms with van der Waals surface area (Å²) in [6.45, 7) is 4.54. The van der Waals surface area contributed by atoms with Gasteiger partial charge in [0.05, 0.1) is 65.8 Å². The van der Waals surface area contributed by atoms with Crippen molar-refractivity contribution in [3.63, 3.8) is 0 Å². The van der Waals surface area contributed by atoms with Gasteiger partial charge in [-0.25, -0.2) is 14.8 Å². The van der Waals surface area contributed by atoms with E-state index in [1.54, 1.807) is 44.2 Å². The summed E-state index contributed by atoms with van der Waals surface area (Å²) in [7, 11) is 3.22. The molecule has 2 heterocycles. The number of amides is 1. The van der Waals surface area contributed by atoms with Gasteiger partial charge in [0, 0.05) is 6.20 Å². The van der Waals surface area contributed by atoms with Gasteiger partial charge in [-0.1, -0.05) is 59.2 Å². The van der Waals surface area contributed by atoms with Crippen molar-refractivity contribution in [3.05, 3.63) is 106 Å². The van der Waals surface area contributed by atoms with Crippen LogP contribution >= 0.6 is 35.0 Å². The molecule has 238 valence electrons. The number of carbonyl (C=O) groups excluding carboxylic acids is 2. The van der Waals surface area contributed by atoms with Gasteiger partial charge in [-0.15, -0.1) is 0 Å². The number of esters is 1. The Hall–Kier alpha value is -4.25. The zero-order valence-corrected chi connectivity index (χ0v) is 28.0. The van der Waals surface area contributed by atoms with Crippen LogP contribution in [0.5, 0.6) is 11.5 Å². The van der Waals surface area contributed by atoms with Crippen LogP contribution in [0.4, 0.5) is 5.82 Å². The Morgan fingerprint density at radius 2 is 1.59 bits per heavy atom. The summed E-state index contributed by atoms with van der Waals surface area (Å²) < 4.78 is 17.8. The van der Waals surface area contributed by atoms with E-state index in [2.05, 4.69) is 4.98 Å². The van der Waals surface area contributed by atoms with Crippen molar-refractivity contribution in [2.45, 2.75) is 37.3 Å². The van der Waals surface area contributed by atoms with E-state index in [-0.39, 0.29) is 24.1 Å². The number of hydrogen-bond donors (Lipinski definition) is 0. The van der Waals surface area contributed by atoms with Crippen LogP contribution in [-0.4, -0.2) is 52.5 Å². The van der Waals surface area contributed by atoms with E-state index >= 15 is 0 Å². The van der Waals surface area contributed by atoms with Crippen molar-refractivity contribution in [1.82, 2.24) is 14.5 Å². The number of pyridine rings is 1. The minimum absolute atomic E-state index is 0.216. The first-order valence-electron chi connectivity index (χ1n) is 14.4. The highest BCUT2D eigenvalue weighted by Gasteiger charge is 2.28. The van der Waals surface area contributed by atoms with Gasteiger partial charge in [0.25, 0.3) is 0 Å². The third kappa shape index (κ3) is 7.58. The average molecular weight is 680 g/mol. The molecule has 46 heavy (non-hydrogen) atoms. The lowest BCUT2D eigenvalue weighted by molar-refractivity contribution is -0.118. The van der Waals surface area contributed by atoms with Crippen molar-refractivity contribution in [1.29, 1.82) is 0 Å². The molecule has 0 spiro atoms. The number of halogens is 2. The van der Waals surface area contributed by atoms with Gasteiger partial charge in [0.2, 0.25) is 5.91 Å². The van der Waals surface area contributed by atoms with Gasteiger partial charge in [-0.2, -0.15) is 0 Å². The topological polar surface area (TPSA) is 95.8 Å². The third-order valence-corrected chi connectivity index (χ3v) is 8.73. The van der Waals surface area contributed by atoms with Crippen molar-refractivity contribution in [3.8, 4) is 11.5 Å². The minimum atomic E-state index is -0.609. The lowest BCUT2D eigenvalue weighted by Crippen LogP contribution is -2.37. The van der Waals surface area contributed by atoms with Crippen LogP contribution in [-0.2, 0) is 22.6 Å². The average Bonchev–Trinajstić information content (AvgIpc) is 3.39. The molecular weight excluding hydrogens is 647 g/mol. The number of methoxy groups -OCH3 is 2. The number of thioether (sulfide) groups is 1. The monoisotopic (exact) mass is 678 g/mol. The zero-order chi connectivity index (χ0) is 32.8. The summed E-state index contributed by atoms with van der Waals surface area (Å²) in [6, 6.07) is 22.0. The molecule has 0 saturated carbocycles. The molecule has 0 radical (unpaired) electrons. The highest BCUT2D eigenvalue weighted by molar-refractivity contribution is 8.00. The summed E-state index contributed by atoms with van der Waals surface area (Å²) >= 11 is 14.0. The molecule has 1 atom stereocenters. The maximum absolute atomic E-state index is 14.2. The summed E-state index contributed by atoms with van der Waals surface area (Å²) in [5.74, 6) is 1.10. The SMILES string of the molecule is CCOC(=O)c1ccc2c(c1)nc(SC(C)C(=O)N(Cc1ccc(OC)cc1)c1ncc(Cl)cc1Cl)n2Cc1ccc(OC)cc1. The van der Waals surface area contributed by atoms with Gasteiger partial charge in [-0.3, -0.25) is 9.69 Å². The van der Waals surface area contributed by atoms with E-state index in [1.165, 1.54) is 18.0 Å². The molecule has 12 heteroatoms. The van der Waals surface area contributed by atoms with E-state index in [4.69, 9.17) is 42.4 Å². The fourth-order valence-electron chi connectivity index (χ4n) is 4.81. The van der Waals surface area contributed by atoms with E-state index in [9.17, 15) is 9.59 Å². The highest BCUT2D eigenvalue weighted by atomic mass is 35.5. The second-order valence-electron chi connectivity index (χ2n) is 10.2. The van der Waals surface area contributed by atoms with Gasteiger partial charge >= 0.3 is 5.97 Å². The second-order valence-corrected chi connectivity index (χ2v) is 12.4. The van der Waals surface area contributed by atoms with Gasteiger partial charge in [0.15, 0.2) is 11.0 Å². The van der Waals surface area contributed by atoms with Crippen molar-refractivity contribution >= 4 is 63.7 Å². The number of rotatable bonds is 12. The molecule has 5 aromatic rings. The first-order chi connectivity index (χ1) is 22.2. The van der Waals surface area contributed by atoms with Crippen molar-refractivity contribution in [2.24, 2.45) is 0 Å². The molecule has 0 N–H and O–H groups in total. The maximum Gasteiger partial charge on any atom is 0.338 e. The van der Waals surface area contributed by atoms with E-state index in [0.29, 0.717) is 39.4 Å². The Morgan fingerprint density at radius 1 is 0.935 bits per heavy atom. The smallest absolute Gasteiger partial charge is 0.338 e. The fraction of sp³-hybridized carbons (Fsp3) is 0.235. The first kappa shape index (κ1) is 33.1. The normalized spacial score (nSPS) is 11.7. The van der Waals surface area contributed by atoms with E-state index in [1.807, 2.05) is 66.1 Å². The predicted molar refractivity (Wildman–Crippen MR) is 182 cm³/mol. The number of benzene rings is 3. The maximum atomic E-state index is 14.2. The molecule has 0 aliphatic rings. The number of imidazole rings is 1. The lowest BCUT2D eigenvalue weighted by atomic mass is 10.2. The molecule has 3 aromatic carbocycles. The molecular formula is C34H32Cl2N4O5S. The lowest BCUT2D eigenvalue weighted by Gasteiger charge is -2.26. The molecule has 9 nitrogen and oxygen atoms in total. The molecule has 5 rings (SSSR count). The van der Waals surface area contributed by atoms with Crippen LogP contribution in [0.2, 0.25) is 10.0 Å². The Kier molecular flexibility index (Phi) is 10.7. The fourth-order valence-corrected chi connectivity index (χ4v) is 6.28. The van der Waals surface area contributed by atoms with Crippen molar-refractivity contribution < 1.29 is 23.8 Å². The first-order valence-corrected chi connectivity index (χ1v) is 16.1. The zero-order valence-electron chi connectivity index (χ0n) is 25.7. The van der Waals surface area contributed by atoms with Crippen LogP contribution in [0.25, 0.3) is 11.0 Å². The molecule has 0 fully saturated rings. The molecule has 0 bridgehead atoms. The second kappa shape index (κ2) is 14.9. The number of carbonyl (C=O) groups is 2. The Bertz CT molecular complexity index is 1850. The van der Waals surface area contributed by atoms with Crippen LogP contribution in [0.15, 0.2) is 84.1 Å². The molecule has 1 amide bonds. The Balaban J connectivity index is 1.50. The van der Waals surface area contributed by atoms with Gasteiger partial charge < -0.3 is 18.8 Å². The standard InChI is InChI=1S/C34H32Cl2N4O5S/c1-5-45-33(42)24-10-15-30-29(16-24)38-34(39(30)19-22-6-11-26(43-3)12-7-22)46-21(2)32(41)40(31-28(36)17-25(35)18-37-31)20-23-8-13-27(44-4)14-9-23/h6-18,21H,5,19-20H2,1-4H3. The minimum Gasteiger partial charge on any atom is -0.497 e. The number of fused-ring (bicyclic) bond motifs is 1. The highest BCUT2D eigenvalue weighted by Crippen LogP contribution is 2.33. The Morgan fingerprint density at radius 3 is 2.20 bits per heavy atom. The molecule has 0 aliphatic heterocycles.